The van der Waals surface area contributed by atoms with Crippen molar-refractivity contribution in [3.63, 3.8) is 0 Å². The lowest BCUT2D eigenvalue weighted by atomic mass is 10.1. The number of anilines is 2. The number of hydrogen-bond acceptors (Lipinski definition) is 4. The standard InChI is InChI=1S/C15H20N2O3/c1-3-4-7-17(8-9-18)11-5-6-12-13(10-11)16(2)15(20)14(12)19/h5-6,10,18H,3-4,7-9H2,1-2H3. The second-order valence-corrected chi connectivity index (χ2v) is 4.96. The number of benzene rings is 1. The minimum absolute atomic E-state index is 0.0779. The molecule has 20 heavy (non-hydrogen) atoms. The minimum Gasteiger partial charge on any atom is -0.395 e. The van der Waals surface area contributed by atoms with Gasteiger partial charge in [-0.15, -0.1) is 0 Å². The molecule has 1 amide bonds. The van der Waals surface area contributed by atoms with Gasteiger partial charge >= 0.3 is 0 Å². The predicted octanol–water partition coefficient (Wildman–Crippen LogP) is 1.44. The summed E-state index contributed by atoms with van der Waals surface area (Å²) in [4.78, 5) is 26.9. The molecule has 0 radical (unpaired) electrons. The molecule has 1 heterocycles. The van der Waals surface area contributed by atoms with E-state index in [4.69, 9.17) is 5.11 Å². The Morgan fingerprint density at radius 2 is 2.00 bits per heavy atom. The summed E-state index contributed by atoms with van der Waals surface area (Å²) >= 11 is 0. The zero-order chi connectivity index (χ0) is 14.7. The van der Waals surface area contributed by atoms with E-state index in [0.717, 1.165) is 25.1 Å². The maximum absolute atomic E-state index is 11.7. The second-order valence-electron chi connectivity index (χ2n) is 4.96. The number of likely N-dealkylation sites (N-methyl/N-ethyl adjacent to an activating group) is 1. The largest absolute Gasteiger partial charge is 0.395 e. The fraction of sp³-hybridized carbons (Fsp3) is 0.467. The average Bonchev–Trinajstić information content (AvgIpc) is 2.68. The van der Waals surface area contributed by atoms with Gasteiger partial charge in [-0.05, 0) is 24.6 Å². The highest BCUT2D eigenvalue weighted by atomic mass is 16.3. The lowest BCUT2D eigenvalue weighted by Gasteiger charge is -2.24. The van der Waals surface area contributed by atoms with Gasteiger partial charge < -0.3 is 14.9 Å². The zero-order valence-corrected chi connectivity index (χ0v) is 11.9. The van der Waals surface area contributed by atoms with Crippen molar-refractivity contribution in [2.24, 2.45) is 0 Å². The Hall–Kier alpha value is -1.88. The molecule has 1 N–H and O–H groups in total. The van der Waals surface area contributed by atoms with Crippen LogP contribution in [-0.4, -0.2) is 43.5 Å². The van der Waals surface area contributed by atoms with Gasteiger partial charge in [-0.25, -0.2) is 0 Å². The van der Waals surface area contributed by atoms with Gasteiger partial charge in [0.05, 0.1) is 17.9 Å². The first-order valence-electron chi connectivity index (χ1n) is 6.92. The molecule has 0 atom stereocenters. The first-order valence-corrected chi connectivity index (χ1v) is 6.92. The number of unbranched alkanes of at least 4 members (excludes halogenated alkanes) is 1. The van der Waals surface area contributed by atoms with Crippen LogP contribution in [0, 0.1) is 0 Å². The maximum atomic E-state index is 11.7. The minimum atomic E-state index is -0.487. The van der Waals surface area contributed by atoms with Gasteiger partial charge in [0.2, 0.25) is 0 Å². The maximum Gasteiger partial charge on any atom is 0.299 e. The molecule has 0 saturated heterocycles. The Balaban J connectivity index is 2.30. The van der Waals surface area contributed by atoms with Crippen LogP contribution in [0.3, 0.4) is 0 Å². The van der Waals surface area contributed by atoms with Gasteiger partial charge in [0.1, 0.15) is 0 Å². The van der Waals surface area contributed by atoms with Crippen LogP contribution in [0.4, 0.5) is 11.4 Å². The van der Waals surface area contributed by atoms with E-state index in [1.54, 1.807) is 13.1 Å². The molecule has 108 valence electrons. The van der Waals surface area contributed by atoms with Crippen LogP contribution in [0.25, 0.3) is 0 Å². The summed E-state index contributed by atoms with van der Waals surface area (Å²) in [5.41, 5.74) is 2.04. The van der Waals surface area contributed by atoms with Crippen LogP contribution in [0.5, 0.6) is 0 Å². The molecule has 0 spiro atoms. The monoisotopic (exact) mass is 276 g/mol. The van der Waals surface area contributed by atoms with Gasteiger partial charge in [0, 0.05) is 25.8 Å². The summed E-state index contributed by atoms with van der Waals surface area (Å²) in [7, 11) is 1.61. The Morgan fingerprint density at radius 1 is 1.25 bits per heavy atom. The van der Waals surface area contributed by atoms with Crippen LogP contribution in [0.15, 0.2) is 18.2 Å². The van der Waals surface area contributed by atoms with Gasteiger partial charge in [0.15, 0.2) is 0 Å². The summed E-state index contributed by atoms with van der Waals surface area (Å²) in [5.74, 6) is -0.935. The fourth-order valence-corrected chi connectivity index (χ4v) is 2.40. The van der Waals surface area contributed by atoms with E-state index in [2.05, 4.69) is 11.8 Å². The van der Waals surface area contributed by atoms with E-state index in [9.17, 15) is 9.59 Å². The van der Waals surface area contributed by atoms with Crippen molar-refractivity contribution in [1.29, 1.82) is 0 Å². The molecule has 0 fully saturated rings. The smallest absolute Gasteiger partial charge is 0.299 e. The van der Waals surface area contributed by atoms with Crippen molar-refractivity contribution >= 4 is 23.1 Å². The number of carbonyl (C=O) groups excluding carboxylic acids is 2. The first-order chi connectivity index (χ1) is 9.60. The summed E-state index contributed by atoms with van der Waals surface area (Å²) in [6.07, 6.45) is 2.11. The summed E-state index contributed by atoms with van der Waals surface area (Å²) in [6.45, 7) is 3.59. The molecule has 0 aromatic heterocycles. The van der Waals surface area contributed by atoms with Gasteiger partial charge in [-0.3, -0.25) is 9.59 Å². The van der Waals surface area contributed by atoms with Crippen molar-refractivity contribution in [3.05, 3.63) is 23.8 Å². The number of carbonyl (C=O) groups is 2. The highest BCUT2D eigenvalue weighted by Gasteiger charge is 2.33. The van der Waals surface area contributed by atoms with Crippen LogP contribution in [0.2, 0.25) is 0 Å². The van der Waals surface area contributed by atoms with Crippen molar-refractivity contribution < 1.29 is 14.7 Å². The Kier molecular flexibility index (Phi) is 4.39. The number of aliphatic hydroxyl groups excluding tert-OH is 1. The van der Waals surface area contributed by atoms with E-state index >= 15 is 0 Å². The van der Waals surface area contributed by atoms with Gasteiger partial charge in [-0.1, -0.05) is 13.3 Å². The van der Waals surface area contributed by atoms with E-state index in [1.807, 2.05) is 12.1 Å². The molecule has 0 bridgehead atoms. The van der Waals surface area contributed by atoms with E-state index in [1.165, 1.54) is 4.90 Å². The summed E-state index contributed by atoms with van der Waals surface area (Å²) in [5, 5.41) is 9.17. The number of aliphatic hydroxyl groups is 1. The topological polar surface area (TPSA) is 60.9 Å². The molecule has 2 rings (SSSR count). The van der Waals surface area contributed by atoms with Crippen LogP contribution in [-0.2, 0) is 4.79 Å². The number of hydrogen-bond donors (Lipinski definition) is 1. The van der Waals surface area contributed by atoms with Crippen molar-refractivity contribution in [2.75, 3.05) is 36.5 Å². The predicted molar refractivity (Wildman–Crippen MR) is 78.4 cm³/mol. The summed E-state index contributed by atoms with van der Waals surface area (Å²) < 4.78 is 0. The van der Waals surface area contributed by atoms with E-state index in [-0.39, 0.29) is 6.61 Å². The highest BCUT2D eigenvalue weighted by molar-refractivity contribution is 6.52. The molecular weight excluding hydrogens is 256 g/mol. The van der Waals surface area contributed by atoms with Crippen molar-refractivity contribution in [2.45, 2.75) is 19.8 Å². The first kappa shape index (κ1) is 14.5. The number of amides is 1. The quantitative estimate of drug-likeness (QED) is 0.799. The normalized spacial score (nSPS) is 13.8. The number of nitrogens with zero attached hydrogens (tertiary/aromatic N) is 2. The molecule has 1 aliphatic heterocycles. The molecule has 0 aliphatic carbocycles. The number of rotatable bonds is 6. The lowest BCUT2D eigenvalue weighted by molar-refractivity contribution is -0.114. The molecular formula is C15H20N2O3. The van der Waals surface area contributed by atoms with Crippen molar-refractivity contribution in [1.82, 2.24) is 0 Å². The number of fused-ring (bicyclic) bond motifs is 1. The number of Topliss-reactive ketones (excluding diaryl/α,β-unsaturated/α-hetero) is 1. The molecule has 0 unspecified atom stereocenters. The van der Waals surface area contributed by atoms with Crippen LogP contribution >= 0.6 is 0 Å². The SMILES string of the molecule is CCCCN(CCO)c1ccc2c(c1)N(C)C(=O)C2=O. The molecule has 0 saturated carbocycles. The van der Waals surface area contributed by atoms with Gasteiger partial charge in [-0.2, -0.15) is 0 Å². The third-order valence-corrected chi connectivity index (χ3v) is 3.60. The second kappa shape index (κ2) is 6.05. The van der Waals surface area contributed by atoms with Crippen LogP contribution < -0.4 is 9.80 Å². The summed E-state index contributed by atoms with van der Waals surface area (Å²) in [6, 6.07) is 5.39. The van der Waals surface area contributed by atoms with E-state index in [0.29, 0.717) is 17.8 Å². The van der Waals surface area contributed by atoms with Crippen LogP contribution in [0.1, 0.15) is 30.1 Å². The average molecular weight is 276 g/mol. The Labute approximate surface area is 118 Å². The zero-order valence-electron chi connectivity index (χ0n) is 11.9. The highest BCUT2D eigenvalue weighted by Crippen LogP contribution is 2.31. The lowest BCUT2D eigenvalue weighted by Crippen LogP contribution is -2.28. The Bertz CT molecular complexity index is 528. The molecule has 1 aromatic carbocycles. The fourth-order valence-electron chi connectivity index (χ4n) is 2.40. The third-order valence-electron chi connectivity index (χ3n) is 3.60. The molecule has 1 aliphatic rings. The van der Waals surface area contributed by atoms with Crippen molar-refractivity contribution in [3.8, 4) is 0 Å². The van der Waals surface area contributed by atoms with Gasteiger partial charge in [0.25, 0.3) is 11.7 Å². The van der Waals surface area contributed by atoms with E-state index < -0.39 is 11.7 Å². The molecule has 5 nitrogen and oxygen atoms in total. The number of ketones is 1. The molecule has 1 aromatic rings. The third kappa shape index (κ3) is 2.54. The molecule has 5 heteroatoms. The Morgan fingerprint density at radius 3 is 2.65 bits per heavy atom.